The molecule has 0 spiro atoms. The van der Waals surface area contributed by atoms with Crippen molar-refractivity contribution in [1.29, 1.82) is 0 Å². The molecule has 4 nitrogen and oxygen atoms in total. The summed E-state index contributed by atoms with van der Waals surface area (Å²) in [5.74, 6) is 2.80. The molecule has 0 aromatic rings. The third-order valence-electron chi connectivity index (χ3n) is 6.59. The molecule has 2 amide bonds. The molecule has 2 N–H and O–H groups in total. The van der Waals surface area contributed by atoms with Crippen LogP contribution in [0, 0.1) is 23.2 Å². The highest BCUT2D eigenvalue weighted by Gasteiger charge is 2.53. The number of urea groups is 1. The van der Waals surface area contributed by atoms with E-state index in [1.54, 1.807) is 0 Å². The Morgan fingerprint density at radius 3 is 2.15 bits per heavy atom. The fraction of sp³-hybridized carbons (Fsp3) is 0.938. The van der Waals surface area contributed by atoms with Crippen LogP contribution < -0.4 is 5.73 Å². The molecule has 5 rings (SSSR count). The Labute approximate surface area is 121 Å². The highest BCUT2D eigenvalue weighted by molar-refractivity contribution is 5.76. The topological polar surface area (TPSA) is 49.6 Å². The maximum Gasteiger partial charge on any atom is 0.319 e. The van der Waals surface area contributed by atoms with E-state index in [9.17, 15) is 4.79 Å². The van der Waals surface area contributed by atoms with Crippen LogP contribution in [-0.2, 0) is 0 Å². The summed E-state index contributed by atoms with van der Waals surface area (Å²) in [5, 5.41) is 0. The monoisotopic (exact) mass is 277 g/mol. The maximum absolute atomic E-state index is 12.1. The second-order valence-corrected chi connectivity index (χ2v) is 8.04. The van der Waals surface area contributed by atoms with Gasteiger partial charge in [0.1, 0.15) is 0 Å². The molecule has 20 heavy (non-hydrogen) atoms. The first-order valence-corrected chi connectivity index (χ1v) is 8.31. The van der Waals surface area contributed by atoms with Crippen molar-refractivity contribution in [2.75, 3.05) is 26.7 Å². The molecule has 1 unspecified atom stereocenters. The summed E-state index contributed by atoms with van der Waals surface area (Å²) in [6.07, 6.45) is 8.36. The summed E-state index contributed by atoms with van der Waals surface area (Å²) in [7, 11) is 1.89. The van der Waals surface area contributed by atoms with Gasteiger partial charge < -0.3 is 15.5 Å². The van der Waals surface area contributed by atoms with Crippen LogP contribution in [0.15, 0.2) is 0 Å². The van der Waals surface area contributed by atoms with Crippen LogP contribution in [0.4, 0.5) is 4.79 Å². The van der Waals surface area contributed by atoms with Crippen molar-refractivity contribution in [3.05, 3.63) is 0 Å². The minimum Gasteiger partial charge on any atom is -0.326 e. The van der Waals surface area contributed by atoms with E-state index >= 15 is 0 Å². The molecule has 1 heterocycles. The number of likely N-dealkylation sites (N-methyl/N-ethyl adjacent to an activating group) is 1. The van der Waals surface area contributed by atoms with Gasteiger partial charge in [-0.15, -0.1) is 0 Å². The summed E-state index contributed by atoms with van der Waals surface area (Å²) < 4.78 is 0. The van der Waals surface area contributed by atoms with Crippen LogP contribution in [0.1, 0.15) is 38.5 Å². The second kappa shape index (κ2) is 4.36. The van der Waals surface area contributed by atoms with Crippen molar-refractivity contribution in [1.82, 2.24) is 9.80 Å². The number of carbonyl (C=O) groups excluding carboxylic acids is 1. The van der Waals surface area contributed by atoms with Crippen LogP contribution >= 0.6 is 0 Å². The average Bonchev–Trinajstić information content (AvgIpc) is 2.69. The fourth-order valence-corrected chi connectivity index (χ4v) is 5.94. The Balaban J connectivity index is 1.48. The van der Waals surface area contributed by atoms with Gasteiger partial charge in [0.05, 0.1) is 0 Å². The van der Waals surface area contributed by atoms with E-state index in [0.29, 0.717) is 5.41 Å². The molecule has 4 bridgehead atoms. The van der Waals surface area contributed by atoms with Crippen LogP contribution in [0.3, 0.4) is 0 Å². The SMILES string of the molecule is CN1CCN(CC(N)C23CC4CC(CC(C4)C2)C3)C1=O. The van der Waals surface area contributed by atoms with Gasteiger partial charge in [-0.25, -0.2) is 4.79 Å². The van der Waals surface area contributed by atoms with Gasteiger partial charge in [-0.2, -0.15) is 0 Å². The summed E-state index contributed by atoms with van der Waals surface area (Å²) >= 11 is 0. The lowest BCUT2D eigenvalue weighted by atomic mass is 9.48. The Bertz CT molecular complexity index is 387. The molecule has 1 atom stereocenters. The number of nitrogens with two attached hydrogens (primary N) is 1. The second-order valence-electron chi connectivity index (χ2n) is 8.04. The molecule has 0 aromatic heterocycles. The quantitative estimate of drug-likeness (QED) is 0.856. The van der Waals surface area contributed by atoms with Crippen LogP contribution in [0.5, 0.6) is 0 Å². The summed E-state index contributed by atoms with van der Waals surface area (Å²) in [4.78, 5) is 15.9. The highest BCUT2D eigenvalue weighted by atomic mass is 16.2. The number of hydrogen-bond donors (Lipinski definition) is 1. The number of amides is 2. The first-order chi connectivity index (χ1) is 9.56. The Kier molecular flexibility index (Phi) is 2.82. The largest absolute Gasteiger partial charge is 0.326 e. The van der Waals surface area contributed by atoms with Crippen molar-refractivity contribution >= 4 is 6.03 Å². The first kappa shape index (κ1) is 12.9. The van der Waals surface area contributed by atoms with Gasteiger partial charge in [-0.05, 0) is 61.7 Å². The number of rotatable bonds is 3. The lowest BCUT2D eigenvalue weighted by Crippen LogP contribution is -2.58. The van der Waals surface area contributed by atoms with Gasteiger partial charge in [0, 0.05) is 32.7 Å². The average molecular weight is 277 g/mol. The first-order valence-electron chi connectivity index (χ1n) is 8.31. The molecular weight excluding hydrogens is 250 g/mol. The predicted molar refractivity (Wildman–Crippen MR) is 78.2 cm³/mol. The van der Waals surface area contributed by atoms with E-state index < -0.39 is 0 Å². The molecular formula is C16H27N3O. The normalized spacial score (nSPS) is 44.5. The molecule has 5 aliphatic rings. The fourth-order valence-electron chi connectivity index (χ4n) is 5.94. The zero-order valence-corrected chi connectivity index (χ0v) is 12.6. The smallest absolute Gasteiger partial charge is 0.319 e. The van der Waals surface area contributed by atoms with E-state index in [0.717, 1.165) is 37.4 Å². The van der Waals surface area contributed by atoms with Gasteiger partial charge in [0.15, 0.2) is 0 Å². The van der Waals surface area contributed by atoms with E-state index in [2.05, 4.69) is 0 Å². The summed E-state index contributed by atoms with van der Waals surface area (Å²) in [6.45, 7) is 2.48. The van der Waals surface area contributed by atoms with Gasteiger partial charge in [0.25, 0.3) is 0 Å². The lowest BCUT2D eigenvalue weighted by Gasteiger charge is -2.59. The van der Waals surface area contributed by atoms with Gasteiger partial charge in [-0.3, -0.25) is 0 Å². The molecule has 4 saturated carbocycles. The molecule has 1 aliphatic heterocycles. The molecule has 4 heteroatoms. The van der Waals surface area contributed by atoms with Crippen molar-refractivity contribution in [2.45, 2.75) is 44.6 Å². The minimum atomic E-state index is 0.171. The zero-order valence-electron chi connectivity index (χ0n) is 12.6. The minimum absolute atomic E-state index is 0.171. The van der Waals surface area contributed by atoms with Crippen molar-refractivity contribution < 1.29 is 4.79 Å². The van der Waals surface area contributed by atoms with E-state index in [-0.39, 0.29) is 12.1 Å². The van der Waals surface area contributed by atoms with Crippen molar-refractivity contribution in [2.24, 2.45) is 28.9 Å². The molecule has 112 valence electrons. The maximum atomic E-state index is 12.1. The van der Waals surface area contributed by atoms with E-state index in [1.165, 1.54) is 38.5 Å². The Hall–Kier alpha value is -0.770. The highest BCUT2D eigenvalue weighted by Crippen LogP contribution is 2.61. The van der Waals surface area contributed by atoms with Crippen molar-refractivity contribution in [3.63, 3.8) is 0 Å². The van der Waals surface area contributed by atoms with Gasteiger partial charge in [-0.1, -0.05) is 0 Å². The van der Waals surface area contributed by atoms with Crippen molar-refractivity contribution in [3.8, 4) is 0 Å². The standard InChI is InChI=1S/C16H27N3O/c1-18-2-3-19(15(18)20)10-14(17)16-7-11-4-12(8-16)6-13(5-11)9-16/h11-14H,2-10,17H2,1H3. The van der Waals surface area contributed by atoms with Crippen LogP contribution in [-0.4, -0.2) is 48.6 Å². The Morgan fingerprint density at radius 1 is 1.15 bits per heavy atom. The van der Waals surface area contributed by atoms with Crippen LogP contribution in [0.25, 0.3) is 0 Å². The number of nitrogens with zero attached hydrogens (tertiary/aromatic N) is 2. The van der Waals surface area contributed by atoms with E-state index in [1.807, 2.05) is 16.8 Å². The van der Waals surface area contributed by atoms with Gasteiger partial charge >= 0.3 is 6.03 Å². The third-order valence-corrected chi connectivity index (χ3v) is 6.59. The Morgan fingerprint density at radius 2 is 1.70 bits per heavy atom. The lowest BCUT2D eigenvalue weighted by molar-refractivity contribution is -0.0694. The summed E-state index contributed by atoms with van der Waals surface area (Å²) in [5.41, 5.74) is 7.01. The summed E-state index contributed by atoms with van der Waals surface area (Å²) in [6, 6.07) is 0.358. The molecule has 5 fully saturated rings. The third kappa shape index (κ3) is 1.87. The molecule has 0 radical (unpaired) electrons. The molecule has 4 aliphatic carbocycles. The predicted octanol–water partition coefficient (Wildman–Crippen LogP) is 1.90. The number of carbonyl (C=O) groups is 1. The van der Waals surface area contributed by atoms with Crippen LogP contribution in [0.2, 0.25) is 0 Å². The van der Waals surface area contributed by atoms with Gasteiger partial charge in [0.2, 0.25) is 0 Å². The number of hydrogen-bond acceptors (Lipinski definition) is 2. The zero-order chi connectivity index (χ0) is 13.9. The van der Waals surface area contributed by atoms with E-state index in [4.69, 9.17) is 5.73 Å². The molecule has 0 aromatic carbocycles. The molecule has 1 saturated heterocycles.